The van der Waals surface area contributed by atoms with Gasteiger partial charge < -0.3 is 15.0 Å². The fraction of sp³-hybridized carbons (Fsp3) is 0.708. The van der Waals surface area contributed by atoms with Gasteiger partial charge in [0.05, 0.1) is 23.7 Å². The van der Waals surface area contributed by atoms with Gasteiger partial charge in [0, 0.05) is 37.9 Å². The molecule has 0 saturated carbocycles. The molecule has 3 rings (SSSR count). The molecule has 0 bridgehead atoms. The molecule has 0 aromatic heterocycles. The molecular weight excluding hydrogens is 426 g/mol. The number of sulfonamides is 1. The van der Waals surface area contributed by atoms with Crippen molar-refractivity contribution in [2.24, 2.45) is 5.92 Å². The molecule has 0 unspecified atom stereocenters. The number of carbonyl (C=O) groups excluding carboxylic acids is 1. The molecule has 2 aliphatic rings. The van der Waals surface area contributed by atoms with E-state index in [1.54, 1.807) is 22.5 Å². The molecule has 32 heavy (non-hydrogen) atoms. The zero-order valence-electron chi connectivity index (χ0n) is 19.8. The predicted octanol–water partition coefficient (Wildman–Crippen LogP) is 3.64. The number of rotatable bonds is 9. The van der Waals surface area contributed by atoms with Crippen LogP contribution in [0, 0.1) is 5.92 Å². The molecule has 1 aromatic rings. The van der Waals surface area contributed by atoms with E-state index < -0.39 is 10.0 Å². The van der Waals surface area contributed by atoms with Gasteiger partial charge in [0.2, 0.25) is 10.0 Å². The van der Waals surface area contributed by atoms with Gasteiger partial charge in [0.1, 0.15) is 0 Å². The zero-order chi connectivity index (χ0) is 23.1. The van der Waals surface area contributed by atoms with Gasteiger partial charge in [-0.05, 0) is 50.3 Å². The molecule has 0 aliphatic carbocycles. The van der Waals surface area contributed by atoms with Gasteiger partial charge in [0.15, 0.2) is 0 Å². The second-order valence-electron chi connectivity index (χ2n) is 9.44. The first-order valence-electron chi connectivity index (χ1n) is 12.1. The van der Waals surface area contributed by atoms with E-state index in [0.717, 1.165) is 44.2 Å². The molecule has 7 nitrogen and oxygen atoms in total. The van der Waals surface area contributed by atoms with Gasteiger partial charge in [-0.2, -0.15) is 4.31 Å². The third-order valence-corrected chi connectivity index (χ3v) is 8.21. The van der Waals surface area contributed by atoms with Crippen molar-refractivity contribution in [1.29, 1.82) is 0 Å². The lowest BCUT2D eigenvalue weighted by Crippen LogP contribution is -2.39. The highest BCUT2D eigenvalue weighted by Crippen LogP contribution is 2.28. The van der Waals surface area contributed by atoms with Crippen LogP contribution < -0.4 is 10.2 Å². The van der Waals surface area contributed by atoms with E-state index in [4.69, 9.17) is 4.74 Å². The molecule has 2 aliphatic heterocycles. The number of hydrogen-bond donors (Lipinski definition) is 1. The monoisotopic (exact) mass is 465 g/mol. The van der Waals surface area contributed by atoms with E-state index >= 15 is 0 Å². The SMILES string of the molecule is CC(C)CCC[C@H](C)NC(=O)c1cc(S(=O)(=O)N2CCCCC2)ccc1N1CCOCC1. The van der Waals surface area contributed by atoms with Crippen molar-refractivity contribution in [3.8, 4) is 0 Å². The Balaban J connectivity index is 1.84. The van der Waals surface area contributed by atoms with Crippen molar-refractivity contribution in [3.05, 3.63) is 23.8 Å². The van der Waals surface area contributed by atoms with Crippen molar-refractivity contribution in [2.75, 3.05) is 44.3 Å². The topological polar surface area (TPSA) is 79.0 Å². The normalized spacial score (nSPS) is 19.2. The van der Waals surface area contributed by atoms with Crippen molar-refractivity contribution in [3.63, 3.8) is 0 Å². The number of benzene rings is 1. The van der Waals surface area contributed by atoms with Gasteiger partial charge in [-0.1, -0.05) is 33.1 Å². The van der Waals surface area contributed by atoms with Crippen LogP contribution in [0.1, 0.15) is 69.7 Å². The summed E-state index contributed by atoms with van der Waals surface area (Å²) in [5.74, 6) is 0.432. The molecule has 0 spiro atoms. The van der Waals surface area contributed by atoms with Crippen molar-refractivity contribution >= 4 is 21.6 Å². The lowest BCUT2D eigenvalue weighted by molar-refractivity contribution is 0.0936. The highest BCUT2D eigenvalue weighted by atomic mass is 32.2. The van der Waals surface area contributed by atoms with E-state index in [0.29, 0.717) is 50.9 Å². The van der Waals surface area contributed by atoms with Gasteiger partial charge >= 0.3 is 0 Å². The minimum Gasteiger partial charge on any atom is -0.378 e. The molecule has 1 aromatic carbocycles. The summed E-state index contributed by atoms with van der Waals surface area (Å²) in [5, 5.41) is 3.10. The summed E-state index contributed by atoms with van der Waals surface area (Å²) in [5.41, 5.74) is 1.21. The van der Waals surface area contributed by atoms with Crippen LogP contribution in [0.4, 0.5) is 5.69 Å². The second-order valence-corrected chi connectivity index (χ2v) is 11.4. The second kappa shape index (κ2) is 11.5. The van der Waals surface area contributed by atoms with Gasteiger partial charge in [-0.25, -0.2) is 8.42 Å². The average Bonchev–Trinajstić information content (AvgIpc) is 2.79. The molecule has 0 radical (unpaired) electrons. The van der Waals surface area contributed by atoms with E-state index in [-0.39, 0.29) is 16.8 Å². The minimum atomic E-state index is -3.61. The Kier molecular flexibility index (Phi) is 8.96. The zero-order valence-corrected chi connectivity index (χ0v) is 20.6. The standard InChI is InChI=1S/C24H39N3O4S/c1-19(2)8-7-9-20(3)25-24(28)22-18-21(32(29,30)27-12-5-4-6-13-27)10-11-23(22)26-14-16-31-17-15-26/h10-11,18-20H,4-9,12-17H2,1-3H3,(H,25,28)/t20-/m0/s1. The average molecular weight is 466 g/mol. The van der Waals surface area contributed by atoms with E-state index in [1.165, 1.54) is 0 Å². The van der Waals surface area contributed by atoms with Crippen molar-refractivity contribution in [1.82, 2.24) is 9.62 Å². The molecule has 2 heterocycles. The Morgan fingerprint density at radius 2 is 1.72 bits per heavy atom. The quantitative estimate of drug-likeness (QED) is 0.602. The summed E-state index contributed by atoms with van der Waals surface area (Å²) in [4.78, 5) is 15.6. The number of carbonyl (C=O) groups is 1. The fourth-order valence-electron chi connectivity index (χ4n) is 4.40. The van der Waals surface area contributed by atoms with E-state index in [9.17, 15) is 13.2 Å². The van der Waals surface area contributed by atoms with Crippen LogP contribution >= 0.6 is 0 Å². The molecule has 180 valence electrons. The third-order valence-electron chi connectivity index (χ3n) is 6.31. The molecule has 2 saturated heterocycles. The van der Waals surface area contributed by atoms with Crippen LogP contribution in [-0.2, 0) is 14.8 Å². The number of hydrogen-bond acceptors (Lipinski definition) is 5. The Labute approximate surface area is 193 Å². The van der Waals surface area contributed by atoms with Crippen molar-refractivity contribution < 1.29 is 17.9 Å². The summed E-state index contributed by atoms with van der Waals surface area (Å²) < 4.78 is 33.5. The number of nitrogens with zero attached hydrogens (tertiary/aromatic N) is 2. The van der Waals surface area contributed by atoms with Crippen LogP contribution in [0.15, 0.2) is 23.1 Å². The number of morpholine rings is 1. The summed E-state index contributed by atoms with van der Waals surface area (Å²) >= 11 is 0. The van der Waals surface area contributed by atoms with Crippen molar-refractivity contribution in [2.45, 2.75) is 70.2 Å². The number of piperidine rings is 1. The molecule has 1 atom stereocenters. The largest absolute Gasteiger partial charge is 0.378 e. The maximum Gasteiger partial charge on any atom is 0.253 e. The van der Waals surface area contributed by atoms with E-state index in [2.05, 4.69) is 24.1 Å². The van der Waals surface area contributed by atoms with Crippen LogP contribution in [-0.4, -0.2) is 64.1 Å². The Morgan fingerprint density at radius 1 is 1.03 bits per heavy atom. The van der Waals surface area contributed by atoms with Crippen LogP contribution in [0.2, 0.25) is 0 Å². The van der Waals surface area contributed by atoms with Gasteiger partial charge in [-0.15, -0.1) is 0 Å². The maximum atomic E-state index is 13.3. The number of ether oxygens (including phenoxy) is 1. The molecule has 1 amide bonds. The highest BCUT2D eigenvalue weighted by Gasteiger charge is 2.29. The predicted molar refractivity (Wildman–Crippen MR) is 128 cm³/mol. The third kappa shape index (κ3) is 6.45. The Morgan fingerprint density at radius 3 is 2.38 bits per heavy atom. The maximum absolute atomic E-state index is 13.3. The first-order valence-corrected chi connectivity index (χ1v) is 13.5. The van der Waals surface area contributed by atoms with Crippen LogP contribution in [0.25, 0.3) is 0 Å². The molecule has 1 N–H and O–H groups in total. The van der Waals surface area contributed by atoms with Crippen LogP contribution in [0.3, 0.4) is 0 Å². The smallest absolute Gasteiger partial charge is 0.253 e. The highest BCUT2D eigenvalue weighted by molar-refractivity contribution is 7.89. The lowest BCUT2D eigenvalue weighted by Gasteiger charge is -2.31. The molecule has 8 heteroatoms. The minimum absolute atomic E-state index is 0.0288. The van der Waals surface area contributed by atoms with Gasteiger partial charge in [0.25, 0.3) is 5.91 Å². The summed E-state index contributed by atoms with van der Waals surface area (Å²) in [7, 11) is -3.61. The number of amides is 1. The summed E-state index contributed by atoms with van der Waals surface area (Å²) in [6.45, 7) is 10.1. The molecular formula is C24H39N3O4S. The summed E-state index contributed by atoms with van der Waals surface area (Å²) in [6.07, 6.45) is 5.91. The number of anilines is 1. The Hall–Kier alpha value is -1.64. The fourth-order valence-corrected chi connectivity index (χ4v) is 5.94. The van der Waals surface area contributed by atoms with Gasteiger partial charge in [-0.3, -0.25) is 4.79 Å². The lowest BCUT2D eigenvalue weighted by atomic mass is 10.0. The van der Waals surface area contributed by atoms with Crippen LogP contribution in [0.5, 0.6) is 0 Å². The number of nitrogens with one attached hydrogen (secondary N) is 1. The summed E-state index contributed by atoms with van der Waals surface area (Å²) in [6, 6.07) is 5.05. The van der Waals surface area contributed by atoms with E-state index in [1.807, 2.05) is 6.92 Å². The molecule has 2 fully saturated rings. The first kappa shape index (κ1) is 25.0. The first-order chi connectivity index (χ1) is 15.3. The Bertz CT molecular complexity index is 860.